The highest BCUT2D eigenvalue weighted by molar-refractivity contribution is 7.92. The van der Waals surface area contributed by atoms with Crippen LogP contribution in [0.15, 0.2) is 83.8 Å². The van der Waals surface area contributed by atoms with Crippen molar-refractivity contribution >= 4 is 27.5 Å². The number of carbonyl (C=O) groups is 2. The summed E-state index contributed by atoms with van der Waals surface area (Å²) in [6, 6.07) is 21.6. The van der Waals surface area contributed by atoms with Crippen molar-refractivity contribution in [3.8, 4) is 5.75 Å². The summed E-state index contributed by atoms with van der Waals surface area (Å²) in [6.07, 6.45) is 3.97. The average Bonchev–Trinajstić information content (AvgIpc) is 3.47. The number of nitrogens with zero attached hydrogens (tertiary/aromatic N) is 2. The summed E-state index contributed by atoms with van der Waals surface area (Å²) in [5, 5.41) is 3.09. The van der Waals surface area contributed by atoms with Crippen molar-refractivity contribution in [2.45, 2.75) is 63.1 Å². The Morgan fingerprint density at radius 2 is 1.68 bits per heavy atom. The summed E-state index contributed by atoms with van der Waals surface area (Å²) in [5.74, 6) is -0.274. The molecular formula is C31H37N3O5S. The van der Waals surface area contributed by atoms with Gasteiger partial charge in [0.2, 0.25) is 11.8 Å². The number of hydrogen-bond donors (Lipinski definition) is 1. The first-order valence-electron chi connectivity index (χ1n) is 13.6. The third-order valence-corrected chi connectivity index (χ3v) is 9.04. The van der Waals surface area contributed by atoms with E-state index in [-0.39, 0.29) is 29.1 Å². The van der Waals surface area contributed by atoms with Crippen molar-refractivity contribution in [3.63, 3.8) is 0 Å². The number of benzene rings is 3. The Labute approximate surface area is 237 Å². The first-order chi connectivity index (χ1) is 19.2. The normalized spacial score (nSPS) is 14.4. The van der Waals surface area contributed by atoms with Gasteiger partial charge in [0, 0.05) is 18.7 Å². The van der Waals surface area contributed by atoms with Gasteiger partial charge in [0.05, 0.1) is 17.7 Å². The quantitative estimate of drug-likeness (QED) is 0.366. The first-order valence-corrected chi connectivity index (χ1v) is 15.0. The Bertz CT molecular complexity index is 1420. The van der Waals surface area contributed by atoms with Crippen molar-refractivity contribution in [2.24, 2.45) is 0 Å². The molecule has 1 aliphatic rings. The minimum absolute atomic E-state index is 0.0582. The van der Waals surface area contributed by atoms with Crippen LogP contribution in [0.3, 0.4) is 0 Å². The molecule has 4 rings (SSSR count). The molecule has 1 aliphatic carbocycles. The SMILES string of the molecule is COc1cccc(N(CC(=O)N(Cc2cccc(C)c2)[C@@H](C)C(=O)NC2CCCC2)S(=O)(=O)c2ccccc2)c1. The standard InChI is InChI=1S/C31H37N3O5S/c1-23-11-9-12-25(19-23)21-33(24(2)31(36)32-26-13-7-8-14-26)30(35)22-34(27-15-10-16-28(20-27)39-3)40(37,38)29-17-5-4-6-18-29/h4-6,9-12,15-20,24,26H,7-8,13-14,21-22H2,1-3H3,(H,32,36)/t24-/m0/s1. The number of methoxy groups -OCH3 is 1. The van der Waals surface area contributed by atoms with Gasteiger partial charge in [0.15, 0.2) is 0 Å². The number of aryl methyl sites for hydroxylation is 1. The summed E-state index contributed by atoms with van der Waals surface area (Å²) in [5.41, 5.74) is 2.17. The Balaban J connectivity index is 1.69. The van der Waals surface area contributed by atoms with Crippen LogP contribution in [0.4, 0.5) is 5.69 Å². The van der Waals surface area contributed by atoms with Gasteiger partial charge in [-0.3, -0.25) is 13.9 Å². The lowest BCUT2D eigenvalue weighted by Gasteiger charge is -2.32. The van der Waals surface area contributed by atoms with Gasteiger partial charge in [-0.2, -0.15) is 0 Å². The summed E-state index contributed by atoms with van der Waals surface area (Å²) in [7, 11) is -2.63. The van der Waals surface area contributed by atoms with Crippen LogP contribution in [0.2, 0.25) is 0 Å². The van der Waals surface area contributed by atoms with E-state index in [4.69, 9.17) is 4.74 Å². The molecule has 0 bridgehead atoms. The zero-order valence-corrected chi connectivity index (χ0v) is 24.1. The average molecular weight is 564 g/mol. The predicted octanol–water partition coefficient (Wildman–Crippen LogP) is 4.68. The van der Waals surface area contributed by atoms with Crippen molar-refractivity contribution in [1.29, 1.82) is 0 Å². The molecule has 2 amide bonds. The first kappa shape index (κ1) is 29.1. The van der Waals surface area contributed by atoms with Crippen LogP contribution in [-0.4, -0.2) is 50.9 Å². The molecule has 1 fully saturated rings. The van der Waals surface area contributed by atoms with Gasteiger partial charge in [-0.05, 0) is 56.5 Å². The van der Waals surface area contributed by atoms with Crippen molar-refractivity contribution in [2.75, 3.05) is 18.0 Å². The van der Waals surface area contributed by atoms with E-state index in [0.29, 0.717) is 5.75 Å². The number of sulfonamides is 1. The molecule has 1 saturated carbocycles. The molecule has 0 unspecified atom stereocenters. The number of rotatable bonds is 11. The number of amides is 2. The zero-order chi connectivity index (χ0) is 28.7. The molecule has 0 aliphatic heterocycles. The van der Waals surface area contributed by atoms with Gasteiger partial charge in [0.25, 0.3) is 10.0 Å². The third-order valence-electron chi connectivity index (χ3n) is 7.26. The molecule has 0 aromatic heterocycles. The van der Waals surface area contributed by atoms with Crippen molar-refractivity contribution in [1.82, 2.24) is 10.2 Å². The maximum absolute atomic E-state index is 14.0. The predicted molar refractivity (Wildman–Crippen MR) is 156 cm³/mol. The second-order valence-electron chi connectivity index (χ2n) is 10.2. The van der Waals surface area contributed by atoms with Gasteiger partial charge in [-0.1, -0.05) is 66.9 Å². The van der Waals surface area contributed by atoms with E-state index in [0.717, 1.165) is 41.1 Å². The van der Waals surface area contributed by atoms with E-state index < -0.39 is 28.5 Å². The Morgan fingerprint density at radius 1 is 0.975 bits per heavy atom. The lowest BCUT2D eigenvalue weighted by molar-refractivity contribution is -0.139. The largest absolute Gasteiger partial charge is 0.497 e. The summed E-state index contributed by atoms with van der Waals surface area (Å²) < 4.78 is 34.1. The molecule has 0 saturated heterocycles. The highest BCUT2D eigenvalue weighted by Crippen LogP contribution is 2.28. The van der Waals surface area contributed by atoms with E-state index in [2.05, 4.69) is 5.32 Å². The van der Waals surface area contributed by atoms with Gasteiger partial charge in [-0.25, -0.2) is 8.42 Å². The lowest BCUT2D eigenvalue weighted by Crippen LogP contribution is -2.52. The Hall–Kier alpha value is -3.85. The molecule has 0 spiro atoms. The van der Waals surface area contributed by atoms with Gasteiger partial charge < -0.3 is 15.0 Å². The number of ether oxygens (including phenoxy) is 1. The number of carbonyl (C=O) groups excluding carboxylic acids is 2. The molecule has 1 atom stereocenters. The van der Waals surface area contributed by atoms with Crippen LogP contribution < -0.4 is 14.4 Å². The fraction of sp³-hybridized carbons (Fsp3) is 0.355. The molecule has 9 heteroatoms. The Kier molecular flexibility index (Phi) is 9.47. The van der Waals surface area contributed by atoms with Crippen LogP contribution in [0.5, 0.6) is 5.75 Å². The van der Waals surface area contributed by atoms with E-state index in [1.54, 1.807) is 49.4 Å². The highest BCUT2D eigenvalue weighted by atomic mass is 32.2. The minimum Gasteiger partial charge on any atom is -0.497 e. The van der Waals surface area contributed by atoms with E-state index in [1.807, 2.05) is 31.2 Å². The molecular weight excluding hydrogens is 526 g/mol. The fourth-order valence-corrected chi connectivity index (χ4v) is 6.42. The van der Waals surface area contributed by atoms with Gasteiger partial charge in [-0.15, -0.1) is 0 Å². The monoisotopic (exact) mass is 563 g/mol. The summed E-state index contributed by atoms with van der Waals surface area (Å²) >= 11 is 0. The van der Waals surface area contributed by atoms with Crippen LogP contribution in [0.25, 0.3) is 0 Å². The highest BCUT2D eigenvalue weighted by Gasteiger charge is 2.33. The molecule has 40 heavy (non-hydrogen) atoms. The summed E-state index contributed by atoms with van der Waals surface area (Å²) in [4.78, 5) is 28.9. The maximum atomic E-state index is 14.0. The number of anilines is 1. The van der Waals surface area contributed by atoms with E-state index in [9.17, 15) is 18.0 Å². The van der Waals surface area contributed by atoms with E-state index >= 15 is 0 Å². The number of nitrogens with one attached hydrogen (secondary N) is 1. The molecule has 0 radical (unpaired) electrons. The molecule has 3 aromatic carbocycles. The van der Waals surface area contributed by atoms with Crippen LogP contribution in [-0.2, 0) is 26.2 Å². The van der Waals surface area contributed by atoms with Crippen molar-refractivity contribution < 1.29 is 22.7 Å². The zero-order valence-electron chi connectivity index (χ0n) is 23.2. The van der Waals surface area contributed by atoms with Crippen LogP contribution in [0, 0.1) is 6.92 Å². The Morgan fingerprint density at radius 3 is 2.35 bits per heavy atom. The second kappa shape index (κ2) is 13.0. The third kappa shape index (κ3) is 7.01. The van der Waals surface area contributed by atoms with Crippen LogP contribution >= 0.6 is 0 Å². The second-order valence-corrected chi connectivity index (χ2v) is 12.1. The van der Waals surface area contributed by atoms with Crippen LogP contribution in [0.1, 0.15) is 43.7 Å². The molecule has 1 N–H and O–H groups in total. The topological polar surface area (TPSA) is 96.0 Å². The van der Waals surface area contributed by atoms with Gasteiger partial charge >= 0.3 is 0 Å². The molecule has 212 valence electrons. The lowest BCUT2D eigenvalue weighted by atomic mass is 10.1. The molecule has 0 heterocycles. The number of hydrogen-bond acceptors (Lipinski definition) is 5. The fourth-order valence-electron chi connectivity index (χ4n) is 5.00. The minimum atomic E-state index is -4.12. The maximum Gasteiger partial charge on any atom is 0.264 e. The summed E-state index contributed by atoms with van der Waals surface area (Å²) in [6.45, 7) is 3.33. The molecule has 8 nitrogen and oxygen atoms in total. The van der Waals surface area contributed by atoms with Crippen molar-refractivity contribution in [3.05, 3.63) is 90.0 Å². The molecule has 3 aromatic rings. The smallest absolute Gasteiger partial charge is 0.264 e. The van der Waals surface area contributed by atoms with E-state index in [1.165, 1.54) is 24.1 Å². The van der Waals surface area contributed by atoms with Gasteiger partial charge in [0.1, 0.15) is 18.3 Å².